The molecular weight excluding hydrogens is 356 g/mol. The molecule has 2 aromatic heterocycles. The smallest absolute Gasteiger partial charge is 0.319 e. The summed E-state index contributed by atoms with van der Waals surface area (Å²) in [5, 5.41) is 18.4. The zero-order valence-electron chi connectivity index (χ0n) is 13.6. The second kappa shape index (κ2) is 6.74. The van der Waals surface area contributed by atoms with E-state index in [1.165, 1.54) is 23.9 Å². The van der Waals surface area contributed by atoms with Crippen molar-refractivity contribution in [1.82, 2.24) is 5.32 Å². The molecule has 3 aromatic rings. The van der Waals surface area contributed by atoms with Crippen LogP contribution in [0.25, 0.3) is 0 Å². The number of fused-ring (bicyclic) bond motifs is 1. The Hall–Kier alpha value is -2.97. The lowest BCUT2D eigenvalue weighted by Crippen LogP contribution is -2.42. The third kappa shape index (κ3) is 3.12. The van der Waals surface area contributed by atoms with Crippen LogP contribution in [0.3, 0.4) is 0 Å². The molecule has 1 aliphatic rings. The molecule has 26 heavy (non-hydrogen) atoms. The van der Waals surface area contributed by atoms with Crippen LogP contribution in [0.1, 0.15) is 10.4 Å². The summed E-state index contributed by atoms with van der Waals surface area (Å²) in [6.07, 6.45) is 2.96. The number of carbonyl (C=O) groups excluding carboxylic acids is 1. The first kappa shape index (κ1) is 16.5. The molecule has 1 atom stereocenters. The van der Waals surface area contributed by atoms with E-state index in [4.69, 9.17) is 13.9 Å². The molecule has 3 N–H and O–H groups in total. The number of aliphatic hydroxyl groups is 1. The van der Waals surface area contributed by atoms with E-state index in [2.05, 4.69) is 10.6 Å². The number of hydrogen-bond donors (Lipinski definition) is 3. The molecule has 134 valence electrons. The molecule has 4 rings (SSSR count). The fraction of sp³-hybridized carbons (Fsp3) is 0.167. The van der Waals surface area contributed by atoms with Gasteiger partial charge in [0.15, 0.2) is 11.5 Å². The van der Waals surface area contributed by atoms with Crippen molar-refractivity contribution in [3.63, 3.8) is 0 Å². The van der Waals surface area contributed by atoms with Crippen molar-refractivity contribution in [2.45, 2.75) is 5.60 Å². The summed E-state index contributed by atoms with van der Waals surface area (Å²) in [5.74, 6) is 1.22. The van der Waals surface area contributed by atoms with Crippen molar-refractivity contribution in [3.8, 4) is 11.5 Å². The average Bonchev–Trinajstić information content (AvgIpc) is 3.41. The third-order valence-electron chi connectivity index (χ3n) is 4.06. The molecule has 3 heterocycles. The number of furan rings is 1. The number of urea groups is 1. The number of rotatable bonds is 5. The first-order chi connectivity index (χ1) is 12.6. The molecule has 7 nitrogen and oxygen atoms in total. The number of carbonyl (C=O) groups is 1. The number of thiophene rings is 1. The van der Waals surface area contributed by atoms with E-state index in [-0.39, 0.29) is 13.3 Å². The van der Waals surface area contributed by atoms with E-state index in [0.29, 0.717) is 27.6 Å². The van der Waals surface area contributed by atoms with Gasteiger partial charge in [-0.2, -0.15) is 0 Å². The summed E-state index contributed by atoms with van der Waals surface area (Å²) < 4.78 is 15.6. The largest absolute Gasteiger partial charge is 0.472 e. The number of benzene rings is 1. The van der Waals surface area contributed by atoms with Crippen molar-refractivity contribution in [1.29, 1.82) is 0 Å². The highest BCUT2D eigenvalue weighted by Gasteiger charge is 2.34. The molecule has 8 heteroatoms. The molecule has 0 fully saturated rings. The van der Waals surface area contributed by atoms with Crippen molar-refractivity contribution in [2.24, 2.45) is 0 Å². The summed E-state index contributed by atoms with van der Waals surface area (Å²) in [6.45, 7) is 0.160. The van der Waals surface area contributed by atoms with Gasteiger partial charge >= 0.3 is 6.03 Å². The minimum Gasteiger partial charge on any atom is -0.472 e. The van der Waals surface area contributed by atoms with Crippen LogP contribution in [0.15, 0.2) is 58.7 Å². The van der Waals surface area contributed by atoms with Crippen LogP contribution < -0.4 is 20.1 Å². The maximum Gasteiger partial charge on any atom is 0.319 e. The third-order valence-corrected chi connectivity index (χ3v) is 5.08. The van der Waals surface area contributed by atoms with Crippen molar-refractivity contribution < 1.29 is 23.8 Å². The lowest BCUT2D eigenvalue weighted by Gasteiger charge is -2.26. The summed E-state index contributed by atoms with van der Waals surface area (Å²) >= 11 is 1.40. The Labute approximate surface area is 153 Å². The van der Waals surface area contributed by atoms with E-state index in [0.717, 1.165) is 0 Å². The van der Waals surface area contributed by atoms with Crippen LogP contribution in [0.4, 0.5) is 10.5 Å². The number of amides is 2. The van der Waals surface area contributed by atoms with Gasteiger partial charge < -0.3 is 29.6 Å². The van der Waals surface area contributed by atoms with Crippen LogP contribution in [0.2, 0.25) is 0 Å². The van der Waals surface area contributed by atoms with Gasteiger partial charge in [0.1, 0.15) is 5.60 Å². The summed E-state index contributed by atoms with van der Waals surface area (Å²) in [7, 11) is 0. The van der Waals surface area contributed by atoms with Gasteiger partial charge in [-0.15, -0.1) is 11.3 Å². The van der Waals surface area contributed by atoms with E-state index < -0.39 is 11.6 Å². The van der Waals surface area contributed by atoms with Gasteiger partial charge in [-0.25, -0.2) is 4.79 Å². The lowest BCUT2D eigenvalue weighted by molar-refractivity contribution is 0.0859. The van der Waals surface area contributed by atoms with E-state index in [1.54, 1.807) is 24.3 Å². The number of anilines is 1. The van der Waals surface area contributed by atoms with Gasteiger partial charge in [0, 0.05) is 22.2 Å². The maximum absolute atomic E-state index is 12.3. The molecule has 0 radical (unpaired) electrons. The monoisotopic (exact) mass is 372 g/mol. The van der Waals surface area contributed by atoms with Crippen LogP contribution in [0.5, 0.6) is 11.5 Å². The Morgan fingerprint density at radius 3 is 2.88 bits per heavy atom. The zero-order chi connectivity index (χ0) is 18.0. The van der Waals surface area contributed by atoms with E-state index >= 15 is 0 Å². The quantitative estimate of drug-likeness (QED) is 0.640. The second-order valence-corrected chi connectivity index (χ2v) is 6.67. The number of ether oxygens (including phenoxy) is 2. The summed E-state index contributed by atoms with van der Waals surface area (Å²) in [6, 6.07) is 10.0. The minimum atomic E-state index is -1.37. The molecule has 1 aromatic carbocycles. The van der Waals surface area contributed by atoms with Crippen LogP contribution >= 0.6 is 11.3 Å². The lowest BCUT2D eigenvalue weighted by atomic mass is 9.94. The van der Waals surface area contributed by atoms with Crippen molar-refractivity contribution >= 4 is 23.1 Å². The molecular formula is C18H16N2O5S. The number of hydrogen-bond acceptors (Lipinski definition) is 6. The average molecular weight is 372 g/mol. The van der Waals surface area contributed by atoms with E-state index in [1.807, 2.05) is 17.5 Å². The summed E-state index contributed by atoms with van der Waals surface area (Å²) in [4.78, 5) is 13.0. The van der Waals surface area contributed by atoms with Gasteiger partial charge in [-0.1, -0.05) is 6.07 Å². The fourth-order valence-electron chi connectivity index (χ4n) is 2.70. The molecule has 0 saturated heterocycles. The molecule has 0 saturated carbocycles. The van der Waals surface area contributed by atoms with Gasteiger partial charge in [0.25, 0.3) is 0 Å². The maximum atomic E-state index is 12.3. The van der Waals surface area contributed by atoms with Gasteiger partial charge in [-0.05, 0) is 29.6 Å². The first-order valence-electron chi connectivity index (χ1n) is 7.89. The minimum absolute atomic E-state index is 0.0105. The fourth-order valence-corrected chi connectivity index (χ4v) is 3.55. The van der Waals surface area contributed by atoms with Gasteiger partial charge in [0.2, 0.25) is 6.79 Å². The van der Waals surface area contributed by atoms with Crippen molar-refractivity contribution in [2.75, 3.05) is 18.7 Å². The topological polar surface area (TPSA) is 93.0 Å². The highest BCUT2D eigenvalue weighted by molar-refractivity contribution is 7.10. The Morgan fingerprint density at radius 1 is 1.23 bits per heavy atom. The molecule has 0 bridgehead atoms. The Balaban J connectivity index is 1.45. The Kier molecular flexibility index (Phi) is 4.27. The predicted molar refractivity (Wildman–Crippen MR) is 95.6 cm³/mol. The Bertz CT molecular complexity index is 858. The first-order valence-corrected chi connectivity index (χ1v) is 8.77. The second-order valence-electron chi connectivity index (χ2n) is 5.73. The van der Waals surface area contributed by atoms with Crippen LogP contribution in [-0.4, -0.2) is 24.5 Å². The van der Waals surface area contributed by atoms with Gasteiger partial charge in [0.05, 0.1) is 19.1 Å². The normalized spacial score (nSPS) is 14.7. The van der Waals surface area contributed by atoms with Crippen LogP contribution in [-0.2, 0) is 5.60 Å². The molecule has 1 aliphatic heterocycles. The highest BCUT2D eigenvalue weighted by atomic mass is 32.1. The zero-order valence-corrected chi connectivity index (χ0v) is 14.4. The van der Waals surface area contributed by atoms with Gasteiger partial charge in [-0.3, -0.25) is 0 Å². The SMILES string of the molecule is O=C(NCC(O)(c1ccoc1)c1cccs1)Nc1ccc2c(c1)OCO2. The molecule has 1 unspecified atom stereocenters. The van der Waals surface area contributed by atoms with Crippen molar-refractivity contribution in [3.05, 3.63) is 64.7 Å². The molecule has 2 amide bonds. The van der Waals surface area contributed by atoms with Crippen LogP contribution in [0, 0.1) is 0 Å². The summed E-state index contributed by atoms with van der Waals surface area (Å²) in [5.41, 5.74) is -0.231. The van der Waals surface area contributed by atoms with E-state index in [9.17, 15) is 9.90 Å². The molecule has 0 aliphatic carbocycles. The molecule has 0 spiro atoms. The highest BCUT2D eigenvalue weighted by Crippen LogP contribution is 2.34. The number of nitrogens with one attached hydrogen (secondary N) is 2. The standard InChI is InChI=1S/C18H16N2O5S/c21-17(20-13-3-4-14-15(8-13)25-11-24-14)19-10-18(22,12-5-6-23-9-12)16-2-1-7-26-16/h1-9,22H,10-11H2,(H2,19,20,21). The Morgan fingerprint density at radius 2 is 2.12 bits per heavy atom. The predicted octanol–water partition coefficient (Wildman–Crippen LogP) is 3.13.